The molecule has 0 atom stereocenters. The second kappa shape index (κ2) is 6.77. The third kappa shape index (κ3) is 2.99. The summed E-state index contributed by atoms with van der Waals surface area (Å²) in [5.41, 5.74) is 1.37. The van der Waals surface area contributed by atoms with Crippen LogP contribution in [-0.4, -0.2) is 62.1 Å². The van der Waals surface area contributed by atoms with E-state index in [4.69, 9.17) is 14.8 Å². The number of hydrogen-bond donors (Lipinski definition) is 1. The lowest BCUT2D eigenvalue weighted by Gasteiger charge is -2.20. The van der Waals surface area contributed by atoms with Crippen molar-refractivity contribution in [3.05, 3.63) is 41.6 Å². The Bertz CT molecular complexity index is 946. The van der Waals surface area contributed by atoms with E-state index < -0.39 is 0 Å². The third-order valence-electron chi connectivity index (χ3n) is 5.50. The van der Waals surface area contributed by atoms with Crippen molar-refractivity contribution in [2.24, 2.45) is 0 Å². The monoisotopic (exact) mass is 366 g/mol. The number of fused-ring (bicyclic) bond motifs is 2. The highest BCUT2D eigenvalue weighted by Gasteiger charge is 2.27. The van der Waals surface area contributed by atoms with Crippen LogP contribution in [0.25, 0.3) is 10.9 Å². The van der Waals surface area contributed by atoms with Crippen molar-refractivity contribution in [3.8, 4) is 0 Å². The fourth-order valence-corrected chi connectivity index (χ4v) is 3.93. The van der Waals surface area contributed by atoms with Crippen LogP contribution in [0, 0.1) is 0 Å². The van der Waals surface area contributed by atoms with E-state index in [0.29, 0.717) is 37.7 Å². The van der Waals surface area contributed by atoms with E-state index in [1.165, 1.54) is 0 Å². The van der Waals surface area contributed by atoms with Gasteiger partial charge in [0.1, 0.15) is 5.82 Å². The van der Waals surface area contributed by atoms with Crippen molar-refractivity contribution in [2.75, 3.05) is 26.3 Å². The SMILES string of the molecule is O=C(c1n[nH]c2ccccc12)N1CCc2nc(C3CCOCC3)nn2CC1. The first-order valence-electron chi connectivity index (χ1n) is 9.53. The quantitative estimate of drug-likeness (QED) is 0.746. The Morgan fingerprint density at radius 1 is 1.15 bits per heavy atom. The van der Waals surface area contributed by atoms with Gasteiger partial charge in [0.05, 0.1) is 12.1 Å². The Balaban J connectivity index is 1.32. The molecule has 27 heavy (non-hydrogen) atoms. The number of hydrogen-bond acceptors (Lipinski definition) is 5. The summed E-state index contributed by atoms with van der Waals surface area (Å²) in [6.07, 6.45) is 2.69. The molecule has 8 nitrogen and oxygen atoms in total. The maximum atomic E-state index is 13.0. The van der Waals surface area contributed by atoms with E-state index in [1.807, 2.05) is 33.8 Å². The van der Waals surface area contributed by atoms with Crippen LogP contribution >= 0.6 is 0 Å². The predicted molar refractivity (Wildman–Crippen MR) is 98.5 cm³/mol. The molecular weight excluding hydrogens is 344 g/mol. The average molecular weight is 366 g/mol. The molecule has 0 aliphatic carbocycles. The highest BCUT2D eigenvalue weighted by molar-refractivity contribution is 6.04. The zero-order valence-corrected chi connectivity index (χ0v) is 15.1. The van der Waals surface area contributed by atoms with Crippen LogP contribution in [0.3, 0.4) is 0 Å². The fourth-order valence-electron chi connectivity index (χ4n) is 3.93. The number of amides is 1. The minimum atomic E-state index is -0.0390. The number of nitrogens with one attached hydrogen (secondary N) is 1. The topological polar surface area (TPSA) is 88.9 Å². The van der Waals surface area contributed by atoms with Gasteiger partial charge in [0.25, 0.3) is 5.91 Å². The highest BCUT2D eigenvalue weighted by atomic mass is 16.5. The molecular formula is C19H22N6O2. The molecule has 1 N–H and O–H groups in total. The molecule has 2 aromatic heterocycles. The normalized spacial score (nSPS) is 18.4. The van der Waals surface area contributed by atoms with Gasteiger partial charge in [0.2, 0.25) is 0 Å². The number of rotatable bonds is 2. The number of para-hydroxylation sites is 1. The molecule has 1 amide bonds. The molecule has 1 fully saturated rings. The lowest BCUT2D eigenvalue weighted by atomic mass is 10.00. The van der Waals surface area contributed by atoms with E-state index in [1.54, 1.807) is 0 Å². The first-order valence-corrected chi connectivity index (χ1v) is 9.53. The van der Waals surface area contributed by atoms with Crippen LogP contribution in [0.5, 0.6) is 0 Å². The lowest BCUT2D eigenvalue weighted by molar-refractivity contribution is 0.0752. The zero-order chi connectivity index (χ0) is 18.2. The molecule has 5 rings (SSSR count). The van der Waals surface area contributed by atoms with Crippen molar-refractivity contribution >= 4 is 16.8 Å². The number of carbonyl (C=O) groups is 1. The van der Waals surface area contributed by atoms with Crippen molar-refractivity contribution in [2.45, 2.75) is 31.7 Å². The van der Waals surface area contributed by atoms with Crippen LogP contribution in [0.1, 0.15) is 40.9 Å². The summed E-state index contributed by atoms with van der Waals surface area (Å²) in [5.74, 6) is 2.26. The summed E-state index contributed by atoms with van der Waals surface area (Å²) in [6, 6.07) is 7.71. The molecule has 0 spiro atoms. The number of ether oxygens (including phenoxy) is 1. The number of aromatic amines is 1. The molecule has 0 bridgehead atoms. The fraction of sp³-hybridized carbons (Fsp3) is 0.474. The number of aromatic nitrogens is 5. The van der Waals surface area contributed by atoms with Gasteiger partial charge in [-0.05, 0) is 18.9 Å². The van der Waals surface area contributed by atoms with Gasteiger partial charge in [-0.15, -0.1) is 0 Å². The van der Waals surface area contributed by atoms with Crippen LogP contribution in [-0.2, 0) is 17.7 Å². The summed E-state index contributed by atoms with van der Waals surface area (Å²) in [7, 11) is 0. The van der Waals surface area contributed by atoms with Crippen molar-refractivity contribution in [1.29, 1.82) is 0 Å². The molecule has 3 aromatic rings. The molecule has 0 radical (unpaired) electrons. The van der Waals surface area contributed by atoms with Crippen LogP contribution in [0.4, 0.5) is 0 Å². The molecule has 2 aliphatic rings. The van der Waals surface area contributed by atoms with E-state index in [0.717, 1.165) is 48.6 Å². The molecule has 1 saturated heterocycles. The summed E-state index contributed by atoms with van der Waals surface area (Å²) >= 11 is 0. The van der Waals surface area contributed by atoms with Gasteiger partial charge < -0.3 is 9.64 Å². The number of carbonyl (C=O) groups excluding carboxylic acids is 1. The average Bonchev–Trinajstić information content (AvgIpc) is 3.28. The predicted octanol–water partition coefficient (Wildman–Crippen LogP) is 1.75. The lowest BCUT2D eigenvalue weighted by Crippen LogP contribution is -2.34. The molecule has 0 saturated carbocycles. The van der Waals surface area contributed by atoms with Crippen molar-refractivity contribution < 1.29 is 9.53 Å². The Hall–Kier alpha value is -2.74. The summed E-state index contributed by atoms with van der Waals surface area (Å²) in [4.78, 5) is 19.6. The second-order valence-electron chi connectivity index (χ2n) is 7.16. The van der Waals surface area contributed by atoms with Crippen LogP contribution in [0.2, 0.25) is 0 Å². The Labute approximate surface area is 156 Å². The summed E-state index contributed by atoms with van der Waals surface area (Å²) in [5, 5.41) is 12.8. The smallest absolute Gasteiger partial charge is 0.275 e. The largest absolute Gasteiger partial charge is 0.381 e. The summed E-state index contributed by atoms with van der Waals surface area (Å²) in [6.45, 7) is 3.48. The van der Waals surface area contributed by atoms with Gasteiger partial charge in [-0.1, -0.05) is 18.2 Å². The standard InChI is InChI=1S/C19H22N6O2/c26-19(17-14-3-1-2-4-15(14)21-22-17)24-8-5-16-20-18(23-25(16)10-9-24)13-6-11-27-12-7-13/h1-4,13H,5-12H2,(H,21,22). The Morgan fingerprint density at radius 3 is 2.89 bits per heavy atom. The third-order valence-corrected chi connectivity index (χ3v) is 5.50. The van der Waals surface area contributed by atoms with E-state index in [2.05, 4.69) is 10.2 Å². The first kappa shape index (κ1) is 16.4. The minimum Gasteiger partial charge on any atom is -0.381 e. The minimum absolute atomic E-state index is 0.0390. The molecule has 1 aromatic carbocycles. The maximum absolute atomic E-state index is 13.0. The number of nitrogens with zero attached hydrogens (tertiary/aromatic N) is 5. The summed E-state index contributed by atoms with van der Waals surface area (Å²) < 4.78 is 7.41. The van der Waals surface area contributed by atoms with Crippen molar-refractivity contribution in [1.82, 2.24) is 29.9 Å². The van der Waals surface area contributed by atoms with Gasteiger partial charge in [0, 0.05) is 44.0 Å². The highest BCUT2D eigenvalue weighted by Crippen LogP contribution is 2.25. The Kier molecular flexibility index (Phi) is 4.12. The molecule has 140 valence electrons. The first-order chi connectivity index (χ1) is 13.3. The maximum Gasteiger partial charge on any atom is 0.275 e. The number of H-pyrrole nitrogens is 1. The van der Waals surface area contributed by atoms with Crippen molar-refractivity contribution in [3.63, 3.8) is 0 Å². The molecule has 4 heterocycles. The van der Waals surface area contributed by atoms with Gasteiger partial charge in [-0.25, -0.2) is 9.67 Å². The van der Waals surface area contributed by atoms with Gasteiger partial charge in [-0.3, -0.25) is 9.89 Å². The van der Waals surface area contributed by atoms with E-state index in [-0.39, 0.29) is 5.91 Å². The van der Waals surface area contributed by atoms with E-state index >= 15 is 0 Å². The van der Waals surface area contributed by atoms with Crippen LogP contribution < -0.4 is 0 Å². The second-order valence-corrected chi connectivity index (χ2v) is 7.16. The molecule has 0 unspecified atom stereocenters. The van der Waals surface area contributed by atoms with Gasteiger partial charge in [-0.2, -0.15) is 10.2 Å². The Morgan fingerprint density at radius 2 is 2.00 bits per heavy atom. The zero-order valence-electron chi connectivity index (χ0n) is 15.1. The van der Waals surface area contributed by atoms with Crippen LogP contribution in [0.15, 0.2) is 24.3 Å². The van der Waals surface area contributed by atoms with E-state index in [9.17, 15) is 4.79 Å². The molecule has 8 heteroatoms. The van der Waals surface area contributed by atoms with Gasteiger partial charge >= 0.3 is 0 Å². The molecule has 2 aliphatic heterocycles. The number of benzene rings is 1. The van der Waals surface area contributed by atoms with Gasteiger partial charge in [0.15, 0.2) is 11.5 Å².